The summed E-state index contributed by atoms with van der Waals surface area (Å²) in [5, 5.41) is 14.9. The first-order valence-corrected chi connectivity index (χ1v) is 15.7. The Labute approximate surface area is 243 Å². The van der Waals surface area contributed by atoms with Crippen molar-refractivity contribution >= 4 is 38.6 Å². The third-order valence-electron chi connectivity index (χ3n) is 6.76. The van der Waals surface area contributed by atoms with Crippen LogP contribution < -0.4 is 10.4 Å². The number of hydroxylamine groups is 1. The monoisotopic (exact) mass is 593 g/mol. The van der Waals surface area contributed by atoms with Crippen molar-refractivity contribution in [1.29, 1.82) is 0 Å². The predicted octanol–water partition coefficient (Wildman–Crippen LogP) is 4.97. The SMILES string of the molecule is CCS(=O)(=O)c1ccc(NC(=O)N(O)c2cccc(-c3sc(CCN4CCOCC4)nc3-c3ccncc3)c2)cc1. The highest BCUT2D eigenvalue weighted by Crippen LogP contribution is 2.38. The molecule has 0 atom stereocenters. The first-order chi connectivity index (χ1) is 19.8. The zero-order valence-electron chi connectivity index (χ0n) is 22.6. The van der Waals surface area contributed by atoms with E-state index in [4.69, 9.17) is 9.72 Å². The van der Waals surface area contributed by atoms with Crippen LogP contribution in [-0.4, -0.2) is 73.1 Å². The Kier molecular flexibility index (Phi) is 9.06. The first kappa shape index (κ1) is 28.8. The van der Waals surface area contributed by atoms with Gasteiger partial charge in [0.1, 0.15) is 0 Å². The summed E-state index contributed by atoms with van der Waals surface area (Å²) in [7, 11) is -3.35. The molecule has 1 fully saturated rings. The molecule has 1 saturated heterocycles. The standard InChI is InChI=1S/C29H31N5O5S2/c1-2-41(37,38)25-8-6-23(7-9-25)31-29(35)34(36)24-5-3-4-22(20-24)28-27(21-10-13-30-14-11-21)32-26(40-28)12-15-33-16-18-39-19-17-33/h3-11,13-14,20,36H,2,12,15-19H2,1H3,(H,31,35). The minimum atomic E-state index is -3.35. The van der Waals surface area contributed by atoms with Crippen LogP contribution in [0, 0.1) is 0 Å². The summed E-state index contributed by atoms with van der Waals surface area (Å²) in [6.45, 7) is 5.77. The topological polar surface area (TPSA) is 125 Å². The quantitative estimate of drug-likeness (QED) is 0.206. The van der Waals surface area contributed by atoms with Crippen LogP contribution in [0.1, 0.15) is 11.9 Å². The van der Waals surface area contributed by atoms with Crippen molar-refractivity contribution in [3.05, 3.63) is 78.1 Å². The lowest BCUT2D eigenvalue weighted by molar-refractivity contribution is 0.0384. The predicted molar refractivity (Wildman–Crippen MR) is 159 cm³/mol. The summed E-state index contributed by atoms with van der Waals surface area (Å²) in [5.41, 5.74) is 3.19. The summed E-state index contributed by atoms with van der Waals surface area (Å²) >= 11 is 1.59. The summed E-state index contributed by atoms with van der Waals surface area (Å²) in [6.07, 6.45) is 4.26. The van der Waals surface area contributed by atoms with Crippen LogP contribution in [0.5, 0.6) is 0 Å². The van der Waals surface area contributed by atoms with Gasteiger partial charge in [0.15, 0.2) is 9.84 Å². The number of carbonyl (C=O) groups excluding carboxylic acids is 1. The second-order valence-electron chi connectivity index (χ2n) is 9.45. The summed E-state index contributed by atoms with van der Waals surface area (Å²) in [4.78, 5) is 25.4. The largest absolute Gasteiger partial charge is 0.379 e. The number of pyridine rings is 1. The summed E-state index contributed by atoms with van der Waals surface area (Å²) in [5.74, 6) is -0.0164. The lowest BCUT2D eigenvalue weighted by Gasteiger charge is -2.25. The smallest absolute Gasteiger partial charge is 0.350 e. The number of nitrogens with zero attached hydrogens (tertiary/aromatic N) is 4. The molecule has 41 heavy (non-hydrogen) atoms. The maximum atomic E-state index is 12.8. The number of ether oxygens (including phenoxy) is 1. The Balaban J connectivity index is 1.36. The van der Waals surface area contributed by atoms with E-state index in [9.17, 15) is 18.4 Å². The third-order valence-corrected chi connectivity index (χ3v) is 9.68. The highest BCUT2D eigenvalue weighted by molar-refractivity contribution is 7.91. The van der Waals surface area contributed by atoms with Crippen molar-refractivity contribution in [2.75, 3.05) is 49.0 Å². The molecular formula is C29H31N5O5S2. The minimum absolute atomic E-state index is 0.0164. The molecule has 0 unspecified atom stereocenters. The van der Waals surface area contributed by atoms with Gasteiger partial charge in [-0.15, -0.1) is 11.3 Å². The van der Waals surface area contributed by atoms with E-state index in [2.05, 4.69) is 15.2 Å². The second kappa shape index (κ2) is 12.9. The van der Waals surface area contributed by atoms with Gasteiger partial charge in [-0.2, -0.15) is 5.06 Å². The van der Waals surface area contributed by atoms with E-state index >= 15 is 0 Å². The van der Waals surface area contributed by atoms with E-state index in [1.165, 1.54) is 24.3 Å². The van der Waals surface area contributed by atoms with Crippen molar-refractivity contribution in [2.24, 2.45) is 0 Å². The molecule has 3 heterocycles. The number of nitrogens with one attached hydrogen (secondary N) is 1. The normalized spacial score (nSPS) is 14.1. The lowest BCUT2D eigenvalue weighted by atomic mass is 10.1. The molecule has 4 aromatic rings. The van der Waals surface area contributed by atoms with Gasteiger partial charge < -0.3 is 10.1 Å². The van der Waals surface area contributed by atoms with Crippen LogP contribution in [0.2, 0.25) is 0 Å². The van der Waals surface area contributed by atoms with Gasteiger partial charge in [0.05, 0.1) is 45.1 Å². The number of sulfone groups is 1. The molecule has 10 nitrogen and oxygen atoms in total. The molecule has 2 amide bonds. The number of urea groups is 1. The van der Waals surface area contributed by atoms with Crippen molar-refractivity contribution in [2.45, 2.75) is 18.2 Å². The van der Waals surface area contributed by atoms with E-state index in [0.717, 1.165) is 66.0 Å². The molecular weight excluding hydrogens is 562 g/mol. The van der Waals surface area contributed by atoms with Crippen LogP contribution in [0.4, 0.5) is 16.2 Å². The zero-order chi connectivity index (χ0) is 28.8. The number of benzene rings is 2. The van der Waals surface area contributed by atoms with Crippen LogP contribution in [0.25, 0.3) is 21.7 Å². The molecule has 2 N–H and O–H groups in total. The van der Waals surface area contributed by atoms with Gasteiger partial charge >= 0.3 is 6.03 Å². The molecule has 0 spiro atoms. The van der Waals surface area contributed by atoms with Crippen molar-refractivity contribution in [3.8, 4) is 21.7 Å². The fourth-order valence-corrected chi connectivity index (χ4v) is 6.39. The van der Waals surface area contributed by atoms with E-state index in [-0.39, 0.29) is 16.3 Å². The van der Waals surface area contributed by atoms with Gasteiger partial charge in [0.25, 0.3) is 0 Å². The summed E-state index contributed by atoms with van der Waals surface area (Å²) in [6, 6.07) is 15.9. The van der Waals surface area contributed by atoms with E-state index in [1.807, 2.05) is 18.2 Å². The van der Waals surface area contributed by atoms with Gasteiger partial charge in [-0.1, -0.05) is 19.1 Å². The minimum Gasteiger partial charge on any atom is -0.379 e. The Bertz CT molecular complexity index is 1590. The van der Waals surface area contributed by atoms with Gasteiger partial charge in [0, 0.05) is 49.7 Å². The molecule has 0 radical (unpaired) electrons. The molecule has 2 aromatic carbocycles. The van der Waals surface area contributed by atoms with Crippen LogP contribution in [-0.2, 0) is 21.0 Å². The number of amides is 2. The molecule has 12 heteroatoms. The fraction of sp³-hybridized carbons (Fsp3) is 0.276. The van der Waals surface area contributed by atoms with E-state index < -0.39 is 15.9 Å². The van der Waals surface area contributed by atoms with E-state index in [1.54, 1.807) is 48.9 Å². The number of thiazole rings is 1. The molecule has 0 aliphatic carbocycles. The van der Waals surface area contributed by atoms with Gasteiger partial charge in [-0.05, 0) is 54.1 Å². The molecule has 2 aromatic heterocycles. The number of anilines is 2. The molecule has 1 aliphatic heterocycles. The Morgan fingerprint density at radius 2 is 1.80 bits per heavy atom. The Morgan fingerprint density at radius 1 is 1.07 bits per heavy atom. The van der Waals surface area contributed by atoms with Gasteiger partial charge in [0.2, 0.25) is 0 Å². The third kappa shape index (κ3) is 6.97. The van der Waals surface area contributed by atoms with Crippen molar-refractivity contribution in [1.82, 2.24) is 14.9 Å². The van der Waals surface area contributed by atoms with Crippen LogP contribution in [0.15, 0.2) is 78.0 Å². The zero-order valence-corrected chi connectivity index (χ0v) is 24.2. The highest BCUT2D eigenvalue weighted by Gasteiger charge is 2.20. The van der Waals surface area contributed by atoms with Crippen molar-refractivity contribution in [3.63, 3.8) is 0 Å². The summed E-state index contributed by atoms with van der Waals surface area (Å²) < 4.78 is 29.6. The number of hydrogen-bond acceptors (Lipinski definition) is 9. The molecule has 214 valence electrons. The second-order valence-corrected chi connectivity index (χ2v) is 12.8. The maximum absolute atomic E-state index is 12.8. The number of rotatable bonds is 9. The lowest BCUT2D eigenvalue weighted by Crippen LogP contribution is -2.37. The Hall–Kier alpha value is -3.68. The van der Waals surface area contributed by atoms with Gasteiger partial charge in [-0.25, -0.2) is 18.2 Å². The maximum Gasteiger partial charge on any atom is 0.350 e. The molecule has 0 bridgehead atoms. The number of carbonyl (C=O) groups is 1. The van der Waals surface area contributed by atoms with Gasteiger partial charge in [-0.3, -0.25) is 15.1 Å². The first-order valence-electron chi connectivity index (χ1n) is 13.3. The molecule has 5 rings (SSSR count). The molecule has 1 aliphatic rings. The molecule has 0 saturated carbocycles. The average molecular weight is 594 g/mol. The Morgan fingerprint density at radius 3 is 2.51 bits per heavy atom. The highest BCUT2D eigenvalue weighted by atomic mass is 32.2. The van der Waals surface area contributed by atoms with Crippen LogP contribution >= 0.6 is 11.3 Å². The van der Waals surface area contributed by atoms with Crippen LogP contribution in [0.3, 0.4) is 0 Å². The number of aromatic nitrogens is 2. The number of hydrogen-bond donors (Lipinski definition) is 2. The average Bonchev–Trinajstić information content (AvgIpc) is 3.45. The number of morpholine rings is 1. The van der Waals surface area contributed by atoms with E-state index in [0.29, 0.717) is 10.8 Å². The fourth-order valence-electron chi connectivity index (χ4n) is 4.44. The van der Waals surface area contributed by atoms with Crippen molar-refractivity contribution < 1.29 is 23.2 Å².